The van der Waals surface area contributed by atoms with Gasteiger partial charge in [-0.1, -0.05) is 29.4 Å². The molecular formula is C23H29N3O2S. The lowest BCUT2D eigenvalue weighted by Gasteiger charge is -2.34. The van der Waals surface area contributed by atoms with Crippen LogP contribution < -0.4 is 0 Å². The Morgan fingerprint density at radius 1 is 1.14 bits per heavy atom. The monoisotopic (exact) mass is 411 g/mol. The molecule has 29 heavy (non-hydrogen) atoms. The molecule has 0 radical (unpaired) electrons. The van der Waals surface area contributed by atoms with Crippen LogP contribution >= 0.6 is 11.8 Å². The van der Waals surface area contributed by atoms with E-state index in [1.165, 1.54) is 35.5 Å². The van der Waals surface area contributed by atoms with E-state index in [0.29, 0.717) is 23.3 Å². The summed E-state index contributed by atoms with van der Waals surface area (Å²) in [5, 5.41) is 4.01. The van der Waals surface area contributed by atoms with Crippen molar-refractivity contribution < 1.29 is 9.32 Å². The summed E-state index contributed by atoms with van der Waals surface area (Å²) in [7, 11) is 0. The van der Waals surface area contributed by atoms with Gasteiger partial charge in [0.25, 0.3) is 5.91 Å². The lowest BCUT2D eigenvalue weighted by molar-refractivity contribution is 0.0681. The van der Waals surface area contributed by atoms with Gasteiger partial charge in [0.2, 0.25) is 0 Å². The Labute approximate surface area is 176 Å². The average Bonchev–Trinajstić information content (AvgIpc) is 3.43. The molecule has 3 aliphatic rings. The van der Waals surface area contributed by atoms with Crippen LogP contribution in [-0.2, 0) is 0 Å². The quantitative estimate of drug-likeness (QED) is 0.766. The Balaban J connectivity index is 1.45. The van der Waals surface area contributed by atoms with E-state index in [2.05, 4.69) is 57.9 Å². The van der Waals surface area contributed by atoms with Crippen LogP contribution in [0.15, 0.2) is 34.9 Å². The molecule has 0 spiro atoms. The molecule has 3 saturated heterocycles. The second kappa shape index (κ2) is 7.80. The first kappa shape index (κ1) is 19.2. The first-order valence-corrected chi connectivity index (χ1v) is 11.9. The van der Waals surface area contributed by atoms with E-state index in [-0.39, 0.29) is 11.9 Å². The predicted octanol–water partition coefficient (Wildman–Crippen LogP) is 3.93. The molecule has 0 N–H and O–H groups in total. The van der Waals surface area contributed by atoms with Gasteiger partial charge in [0.15, 0.2) is 5.69 Å². The Morgan fingerprint density at radius 3 is 2.66 bits per heavy atom. The van der Waals surface area contributed by atoms with Crippen LogP contribution in [-0.4, -0.2) is 58.0 Å². The molecule has 1 aromatic carbocycles. The number of fused-ring (bicyclic) bond motifs is 1. The molecule has 2 aromatic rings. The van der Waals surface area contributed by atoms with E-state index in [1.807, 2.05) is 6.92 Å². The van der Waals surface area contributed by atoms with E-state index in [1.54, 1.807) is 6.07 Å². The summed E-state index contributed by atoms with van der Waals surface area (Å²) in [5.74, 6) is 4.28. The topological polar surface area (TPSA) is 49.6 Å². The minimum Gasteiger partial charge on any atom is -0.361 e. The smallest absolute Gasteiger partial charge is 0.276 e. The second-order valence-corrected chi connectivity index (χ2v) is 10.0. The molecule has 5 nitrogen and oxygen atoms in total. The third-order valence-electron chi connectivity index (χ3n) is 7.01. The summed E-state index contributed by atoms with van der Waals surface area (Å²) in [6, 6.07) is 11.2. The molecule has 6 heteroatoms. The fraction of sp³-hybridized carbons (Fsp3) is 0.565. The zero-order valence-electron chi connectivity index (χ0n) is 17.2. The maximum Gasteiger partial charge on any atom is 0.276 e. The molecule has 3 aliphatic heterocycles. The summed E-state index contributed by atoms with van der Waals surface area (Å²) in [5.41, 5.74) is 2.98. The predicted molar refractivity (Wildman–Crippen MR) is 115 cm³/mol. The SMILES string of the molecule is Cc1cc(C(=O)N2C[C@@H]3CN(C4CCSCC4)C[C@@H]3[C@H]2c2ccccc2C)no1. The molecule has 1 aromatic heterocycles. The highest BCUT2D eigenvalue weighted by Gasteiger charge is 2.50. The maximum absolute atomic E-state index is 13.4. The summed E-state index contributed by atoms with van der Waals surface area (Å²) in [6.45, 7) is 7.02. The highest BCUT2D eigenvalue weighted by atomic mass is 32.2. The summed E-state index contributed by atoms with van der Waals surface area (Å²) >= 11 is 2.09. The number of nitrogens with zero attached hydrogens (tertiary/aromatic N) is 3. The second-order valence-electron chi connectivity index (χ2n) is 8.80. The normalized spacial score (nSPS) is 28.1. The van der Waals surface area contributed by atoms with Crippen molar-refractivity contribution in [2.45, 2.75) is 38.8 Å². The van der Waals surface area contributed by atoms with Gasteiger partial charge in [-0.25, -0.2) is 0 Å². The molecule has 0 unspecified atom stereocenters. The lowest BCUT2D eigenvalue weighted by Crippen LogP contribution is -2.40. The largest absolute Gasteiger partial charge is 0.361 e. The molecule has 1 amide bonds. The van der Waals surface area contributed by atoms with Crippen LogP contribution in [0.1, 0.15) is 46.3 Å². The number of thioether (sulfide) groups is 1. The fourth-order valence-corrected chi connectivity index (χ4v) is 6.65. The Kier molecular flexibility index (Phi) is 5.16. The van der Waals surface area contributed by atoms with E-state index in [0.717, 1.165) is 25.7 Å². The lowest BCUT2D eigenvalue weighted by atomic mass is 9.87. The van der Waals surface area contributed by atoms with Gasteiger partial charge < -0.3 is 9.42 Å². The molecule has 4 heterocycles. The number of aromatic nitrogens is 1. The van der Waals surface area contributed by atoms with E-state index in [9.17, 15) is 4.79 Å². The van der Waals surface area contributed by atoms with Crippen molar-refractivity contribution in [2.24, 2.45) is 11.8 Å². The van der Waals surface area contributed by atoms with Gasteiger partial charge in [-0.2, -0.15) is 11.8 Å². The standard InChI is InChI=1S/C23H29N3O2S/c1-15-5-3-4-6-19(15)22-20-14-25(18-7-9-29-10-8-18)12-17(20)13-26(22)23(27)21-11-16(2)28-24-21/h3-6,11,17-18,20,22H,7-10,12-14H2,1-2H3/t17-,20-,22+/m0/s1. The molecule has 0 bridgehead atoms. The van der Waals surface area contributed by atoms with Gasteiger partial charge >= 0.3 is 0 Å². The van der Waals surface area contributed by atoms with Gasteiger partial charge in [0.1, 0.15) is 5.76 Å². The fourth-order valence-electron chi connectivity index (χ4n) is 5.57. The molecule has 0 saturated carbocycles. The minimum atomic E-state index is 0.00474. The van der Waals surface area contributed by atoms with Crippen molar-refractivity contribution in [3.8, 4) is 0 Å². The highest BCUT2D eigenvalue weighted by Crippen LogP contribution is 2.47. The highest BCUT2D eigenvalue weighted by molar-refractivity contribution is 7.99. The van der Waals surface area contributed by atoms with Crippen LogP contribution in [0.2, 0.25) is 0 Å². The molecule has 3 fully saturated rings. The molecule has 0 aliphatic carbocycles. The number of aryl methyl sites for hydroxylation is 2. The number of hydrogen-bond acceptors (Lipinski definition) is 5. The number of carbonyl (C=O) groups excluding carboxylic acids is 1. The third kappa shape index (κ3) is 3.50. The zero-order valence-corrected chi connectivity index (χ0v) is 18.0. The van der Waals surface area contributed by atoms with Gasteiger partial charge in [-0.3, -0.25) is 9.69 Å². The van der Waals surface area contributed by atoms with Crippen LogP contribution in [0.4, 0.5) is 0 Å². The molecule has 5 rings (SSSR count). The molecular weight excluding hydrogens is 382 g/mol. The number of rotatable bonds is 3. The summed E-state index contributed by atoms with van der Waals surface area (Å²) in [6.07, 6.45) is 2.61. The summed E-state index contributed by atoms with van der Waals surface area (Å²) < 4.78 is 5.19. The maximum atomic E-state index is 13.4. The number of hydrogen-bond donors (Lipinski definition) is 0. The Morgan fingerprint density at radius 2 is 1.93 bits per heavy atom. The minimum absolute atomic E-state index is 0.00474. The van der Waals surface area contributed by atoms with Crippen LogP contribution in [0.25, 0.3) is 0 Å². The van der Waals surface area contributed by atoms with Crippen molar-refractivity contribution in [3.05, 3.63) is 52.9 Å². The first-order chi connectivity index (χ1) is 14.1. The van der Waals surface area contributed by atoms with Crippen LogP contribution in [0, 0.1) is 25.7 Å². The average molecular weight is 412 g/mol. The van der Waals surface area contributed by atoms with Crippen molar-refractivity contribution in [1.29, 1.82) is 0 Å². The van der Waals surface area contributed by atoms with Gasteiger partial charge in [-0.05, 0) is 55.2 Å². The zero-order chi connectivity index (χ0) is 20.0. The molecule has 154 valence electrons. The van der Waals surface area contributed by atoms with E-state index in [4.69, 9.17) is 4.52 Å². The van der Waals surface area contributed by atoms with Crippen molar-refractivity contribution in [2.75, 3.05) is 31.1 Å². The van der Waals surface area contributed by atoms with E-state index >= 15 is 0 Å². The number of likely N-dealkylation sites (tertiary alicyclic amines) is 2. The number of amides is 1. The van der Waals surface area contributed by atoms with Crippen LogP contribution in [0.3, 0.4) is 0 Å². The Hall–Kier alpha value is -1.79. The van der Waals surface area contributed by atoms with Crippen molar-refractivity contribution >= 4 is 17.7 Å². The van der Waals surface area contributed by atoms with Gasteiger partial charge in [0.05, 0.1) is 6.04 Å². The number of carbonyl (C=O) groups is 1. The summed E-state index contributed by atoms with van der Waals surface area (Å²) in [4.78, 5) is 18.2. The van der Waals surface area contributed by atoms with Gasteiger partial charge in [0, 0.05) is 37.7 Å². The van der Waals surface area contributed by atoms with Crippen molar-refractivity contribution in [3.63, 3.8) is 0 Å². The van der Waals surface area contributed by atoms with Crippen molar-refractivity contribution in [1.82, 2.24) is 15.0 Å². The third-order valence-corrected chi connectivity index (χ3v) is 8.06. The number of benzene rings is 1. The van der Waals surface area contributed by atoms with Gasteiger partial charge in [-0.15, -0.1) is 0 Å². The molecule has 3 atom stereocenters. The van der Waals surface area contributed by atoms with Crippen LogP contribution in [0.5, 0.6) is 0 Å². The first-order valence-electron chi connectivity index (χ1n) is 10.7. The van der Waals surface area contributed by atoms with E-state index < -0.39 is 0 Å². The Bertz CT molecular complexity index is 892.